The summed E-state index contributed by atoms with van der Waals surface area (Å²) in [5, 5.41) is 3.43. The van der Waals surface area contributed by atoms with Gasteiger partial charge in [0.2, 0.25) is 0 Å². The average Bonchev–Trinajstić information content (AvgIpc) is 2.32. The molecular formula is C14H23BrN2. The molecule has 0 fully saturated rings. The van der Waals surface area contributed by atoms with Gasteiger partial charge in [-0.1, -0.05) is 35.0 Å². The quantitative estimate of drug-likeness (QED) is 0.741. The molecule has 17 heavy (non-hydrogen) atoms. The molecule has 0 aliphatic rings. The van der Waals surface area contributed by atoms with Crippen LogP contribution in [-0.4, -0.2) is 31.6 Å². The number of benzene rings is 1. The molecule has 0 aliphatic carbocycles. The highest BCUT2D eigenvalue weighted by atomic mass is 79.9. The minimum atomic E-state index is 1.03. The number of hydrogen-bond donors (Lipinski definition) is 1. The Morgan fingerprint density at radius 2 is 1.88 bits per heavy atom. The number of nitrogens with one attached hydrogen (secondary N) is 1. The fraction of sp³-hybridized carbons (Fsp3) is 0.571. The second-order valence-electron chi connectivity index (χ2n) is 4.47. The molecule has 0 amide bonds. The number of nitrogens with zero attached hydrogens (tertiary/aromatic N) is 1. The zero-order valence-corrected chi connectivity index (χ0v) is 12.5. The van der Waals surface area contributed by atoms with Crippen LogP contribution in [0.3, 0.4) is 0 Å². The molecule has 0 saturated carbocycles. The molecule has 3 heteroatoms. The van der Waals surface area contributed by atoms with Gasteiger partial charge in [0, 0.05) is 11.0 Å². The fourth-order valence-electron chi connectivity index (χ4n) is 1.76. The number of halogens is 1. The minimum Gasteiger partial charge on any atom is -0.317 e. The van der Waals surface area contributed by atoms with Crippen molar-refractivity contribution in [2.24, 2.45) is 0 Å². The van der Waals surface area contributed by atoms with E-state index in [0.29, 0.717) is 0 Å². The van der Waals surface area contributed by atoms with Gasteiger partial charge in [0.1, 0.15) is 0 Å². The van der Waals surface area contributed by atoms with Crippen LogP contribution in [0.4, 0.5) is 0 Å². The molecule has 0 aromatic heterocycles. The minimum absolute atomic E-state index is 1.03. The average molecular weight is 299 g/mol. The maximum atomic E-state index is 3.46. The van der Waals surface area contributed by atoms with Gasteiger partial charge in [0.25, 0.3) is 0 Å². The van der Waals surface area contributed by atoms with Gasteiger partial charge in [0.15, 0.2) is 0 Å². The molecule has 0 unspecified atom stereocenters. The molecule has 1 rings (SSSR count). The Labute approximate surface area is 114 Å². The molecule has 2 nitrogen and oxygen atoms in total. The molecule has 0 saturated heterocycles. The van der Waals surface area contributed by atoms with Crippen molar-refractivity contribution in [1.29, 1.82) is 0 Å². The Bertz CT molecular complexity index is 298. The van der Waals surface area contributed by atoms with Gasteiger partial charge >= 0.3 is 0 Å². The van der Waals surface area contributed by atoms with E-state index >= 15 is 0 Å². The smallest absolute Gasteiger partial charge is 0.0230 e. The molecule has 96 valence electrons. The van der Waals surface area contributed by atoms with E-state index in [9.17, 15) is 0 Å². The molecule has 0 aliphatic heterocycles. The van der Waals surface area contributed by atoms with Gasteiger partial charge in [-0.2, -0.15) is 0 Å². The van der Waals surface area contributed by atoms with Gasteiger partial charge in [0.05, 0.1) is 0 Å². The van der Waals surface area contributed by atoms with E-state index in [0.717, 1.165) is 30.7 Å². The third kappa shape index (κ3) is 6.81. The van der Waals surface area contributed by atoms with E-state index in [1.807, 2.05) is 0 Å². The Hall–Kier alpha value is -0.380. The van der Waals surface area contributed by atoms with Crippen LogP contribution in [0.2, 0.25) is 0 Å². The first-order valence-electron chi connectivity index (χ1n) is 6.36. The summed E-state index contributed by atoms with van der Waals surface area (Å²) in [7, 11) is 2.18. The molecule has 0 bridgehead atoms. The third-order valence-corrected chi connectivity index (χ3v) is 3.21. The zero-order valence-electron chi connectivity index (χ0n) is 10.9. The van der Waals surface area contributed by atoms with Crippen LogP contribution in [0.25, 0.3) is 0 Å². The highest BCUT2D eigenvalue weighted by Gasteiger charge is 1.99. The van der Waals surface area contributed by atoms with Crippen LogP contribution in [0.5, 0.6) is 0 Å². The first-order valence-corrected chi connectivity index (χ1v) is 7.15. The second-order valence-corrected chi connectivity index (χ2v) is 5.38. The highest BCUT2D eigenvalue weighted by molar-refractivity contribution is 9.10. The Morgan fingerprint density at radius 1 is 1.18 bits per heavy atom. The van der Waals surface area contributed by atoms with Crippen molar-refractivity contribution in [2.75, 3.05) is 26.7 Å². The van der Waals surface area contributed by atoms with E-state index in [-0.39, 0.29) is 0 Å². The zero-order chi connectivity index (χ0) is 12.5. The summed E-state index contributed by atoms with van der Waals surface area (Å²) in [5.74, 6) is 0. The van der Waals surface area contributed by atoms with E-state index in [4.69, 9.17) is 0 Å². The molecule has 0 radical (unpaired) electrons. The van der Waals surface area contributed by atoms with Gasteiger partial charge in [-0.15, -0.1) is 0 Å². The highest BCUT2D eigenvalue weighted by Crippen LogP contribution is 2.11. The second kappa shape index (κ2) is 8.67. The lowest BCUT2D eigenvalue weighted by Crippen LogP contribution is -2.24. The summed E-state index contributed by atoms with van der Waals surface area (Å²) in [6.45, 7) is 6.63. The Kier molecular flexibility index (Phi) is 7.49. The summed E-state index contributed by atoms with van der Waals surface area (Å²) in [6, 6.07) is 8.56. The van der Waals surface area contributed by atoms with Crippen molar-refractivity contribution >= 4 is 15.9 Å². The van der Waals surface area contributed by atoms with Crippen molar-refractivity contribution in [1.82, 2.24) is 10.2 Å². The largest absolute Gasteiger partial charge is 0.317 e. The summed E-state index contributed by atoms with van der Waals surface area (Å²) in [6.07, 6.45) is 2.43. The monoisotopic (exact) mass is 298 g/mol. The van der Waals surface area contributed by atoms with Gasteiger partial charge in [-0.25, -0.2) is 0 Å². The molecular weight excluding hydrogens is 276 g/mol. The maximum Gasteiger partial charge on any atom is 0.0230 e. The van der Waals surface area contributed by atoms with Crippen molar-refractivity contribution in [3.63, 3.8) is 0 Å². The van der Waals surface area contributed by atoms with Crippen LogP contribution in [-0.2, 0) is 6.54 Å². The normalized spacial score (nSPS) is 11.1. The summed E-state index contributed by atoms with van der Waals surface area (Å²) in [5.41, 5.74) is 1.37. The van der Waals surface area contributed by atoms with E-state index in [1.165, 1.54) is 18.4 Å². The SMILES string of the molecule is CCCNCCCN(C)Cc1ccc(Br)cc1. The van der Waals surface area contributed by atoms with Crippen LogP contribution in [0.1, 0.15) is 25.3 Å². The summed E-state index contributed by atoms with van der Waals surface area (Å²) < 4.78 is 1.15. The standard InChI is InChI=1S/C14H23BrN2/c1-3-9-16-10-4-11-17(2)12-13-5-7-14(15)8-6-13/h5-8,16H,3-4,9-12H2,1-2H3. The lowest BCUT2D eigenvalue weighted by Gasteiger charge is -2.16. The van der Waals surface area contributed by atoms with E-state index < -0.39 is 0 Å². The lowest BCUT2D eigenvalue weighted by atomic mass is 10.2. The van der Waals surface area contributed by atoms with Gasteiger partial charge in [-0.3, -0.25) is 0 Å². The van der Waals surface area contributed by atoms with Crippen LogP contribution in [0.15, 0.2) is 28.7 Å². The third-order valence-electron chi connectivity index (χ3n) is 2.69. The molecule has 0 atom stereocenters. The van der Waals surface area contributed by atoms with Crippen LogP contribution in [0, 0.1) is 0 Å². The van der Waals surface area contributed by atoms with Crippen molar-refractivity contribution in [3.05, 3.63) is 34.3 Å². The van der Waals surface area contributed by atoms with Crippen molar-refractivity contribution in [3.8, 4) is 0 Å². The molecule has 1 aromatic rings. The lowest BCUT2D eigenvalue weighted by molar-refractivity contribution is 0.320. The Morgan fingerprint density at radius 3 is 2.53 bits per heavy atom. The van der Waals surface area contributed by atoms with Crippen molar-refractivity contribution in [2.45, 2.75) is 26.3 Å². The van der Waals surface area contributed by atoms with Crippen LogP contribution < -0.4 is 5.32 Å². The van der Waals surface area contributed by atoms with E-state index in [2.05, 4.69) is 64.4 Å². The first-order chi connectivity index (χ1) is 8.22. The number of hydrogen-bond acceptors (Lipinski definition) is 2. The maximum absolute atomic E-state index is 3.46. The summed E-state index contributed by atoms with van der Waals surface area (Å²) >= 11 is 3.46. The molecule has 1 N–H and O–H groups in total. The molecule has 1 aromatic carbocycles. The van der Waals surface area contributed by atoms with Crippen molar-refractivity contribution < 1.29 is 0 Å². The topological polar surface area (TPSA) is 15.3 Å². The predicted molar refractivity (Wildman–Crippen MR) is 78.3 cm³/mol. The first kappa shape index (κ1) is 14.7. The predicted octanol–water partition coefficient (Wildman–Crippen LogP) is 3.27. The van der Waals surface area contributed by atoms with Gasteiger partial charge in [-0.05, 0) is 57.2 Å². The van der Waals surface area contributed by atoms with Gasteiger partial charge < -0.3 is 10.2 Å². The number of rotatable bonds is 8. The summed E-state index contributed by atoms with van der Waals surface area (Å²) in [4.78, 5) is 2.37. The molecule has 0 heterocycles. The van der Waals surface area contributed by atoms with Crippen LogP contribution >= 0.6 is 15.9 Å². The van der Waals surface area contributed by atoms with E-state index in [1.54, 1.807) is 0 Å². The Balaban J connectivity index is 2.16. The fourth-order valence-corrected chi connectivity index (χ4v) is 2.02. The molecule has 0 spiro atoms.